The van der Waals surface area contributed by atoms with Crippen LogP contribution in [0.3, 0.4) is 0 Å². The minimum atomic E-state index is -3.73. The Bertz CT molecular complexity index is 1130. The highest BCUT2D eigenvalue weighted by Gasteiger charge is 2.21. The molecule has 0 aliphatic heterocycles. The van der Waals surface area contributed by atoms with Crippen LogP contribution in [-0.2, 0) is 10.0 Å². The van der Waals surface area contributed by atoms with Crippen LogP contribution in [0, 0.1) is 0 Å². The molecule has 0 unspecified atom stereocenters. The van der Waals surface area contributed by atoms with Crippen molar-refractivity contribution in [3.05, 3.63) is 88.4 Å². The van der Waals surface area contributed by atoms with Gasteiger partial charge >= 0.3 is 0 Å². The molecule has 0 aromatic heterocycles. The van der Waals surface area contributed by atoms with Gasteiger partial charge in [-0.2, -0.15) is 0 Å². The average Bonchev–Trinajstić information content (AvgIpc) is 2.77. The number of rotatable bonds is 8. The van der Waals surface area contributed by atoms with Gasteiger partial charge in [-0.3, -0.25) is 9.10 Å². The lowest BCUT2D eigenvalue weighted by atomic mass is 10.2. The van der Waals surface area contributed by atoms with E-state index in [0.717, 1.165) is 4.90 Å². The maximum absolute atomic E-state index is 12.8. The highest BCUT2D eigenvalue weighted by atomic mass is 35.5. The molecule has 0 saturated heterocycles. The van der Waals surface area contributed by atoms with Crippen molar-refractivity contribution in [2.45, 2.75) is 9.79 Å². The van der Waals surface area contributed by atoms with E-state index in [4.69, 9.17) is 23.2 Å². The third-order valence-electron chi connectivity index (χ3n) is 4.44. The summed E-state index contributed by atoms with van der Waals surface area (Å²) in [7, 11) is -2.26. The van der Waals surface area contributed by atoms with Crippen LogP contribution in [-0.4, -0.2) is 33.7 Å². The lowest BCUT2D eigenvalue weighted by Gasteiger charge is -2.19. The number of nitrogens with one attached hydrogen (secondary N) is 1. The fourth-order valence-electron chi connectivity index (χ4n) is 2.69. The molecule has 3 aromatic rings. The molecule has 0 aliphatic carbocycles. The maximum Gasteiger partial charge on any atom is 0.264 e. The van der Waals surface area contributed by atoms with Gasteiger partial charge in [0.15, 0.2) is 0 Å². The molecule has 1 amide bonds. The van der Waals surface area contributed by atoms with Crippen LogP contribution in [0.4, 0.5) is 5.69 Å². The SMILES string of the molecule is CN(c1ccc(C(=O)NCCSc2ccc(Cl)cc2)cc1)S(=O)(=O)c1ccc(Cl)cc1. The van der Waals surface area contributed by atoms with Gasteiger partial charge in [0.1, 0.15) is 0 Å². The number of amides is 1. The van der Waals surface area contributed by atoms with E-state index in [-0.39, 0.29) is 10.8 Å². The van der Waals surface area contributed by atoms with Crippen molar-refractivity contribution in [2.75, 3.05) is 23.7 Å². The summed E-state index contributed by atoms with van der Waals surface area (Å²) >= 11 is 13.3. The number of carbonyl (C=O) groups excluding carboxylic acids is 1. The van der Waals surface area contributed by atoms with Crippen molar-refractivity contribution in [1.29, 1.82) is 0 Å². The summed E-state index contributed by atoms with van der Waals surface area (Å²) in [5.74, 6) is 0.500. The van der Waals surface area contributed by atoms with Gasteiger partial charge in [0.05, 0.1) is 10.6 Å². The lowest BCUT2D eigenvalue weighted by molar-refractivity contribution is 0.0956. The van der Waals surface area contributed by atoms with Crippen molar-refractivity contribution in [1.82, 2.24) is 5.32 Å². The second-order valence-corrected chi connectivity index (χ2v) is 10.5. The number of nitrogens with zero attached hydrogens (tertiary/aromatic N) is 1. The Morgan fingerprint density at radius 1 is 0.903 bits per heavy atom. The van der Waals surface area contributed by atoms with Gasteiger partial charge in [0.25, 0.3) is 15.9 Å². The van der Waals surface area contributed by atoms with Gasteiger partial charge in [0, 0.05) is 39.8 Å². The Morgan fingerprint density at radius 2 is 1.45 bits per heavy atom. The summed E-state index contributed by atoms with van der Waals surface area (Å²) in [4.78, 5) is 13.6. The third-order valence-corrected chi connectivity index (χ3v) is 7.75. The van der Waals surface area contributed by atoms with Crippen molar-refractivity contribution in [3.63, 3.8) is 0 Å². The topological polar surface area (TPSA) is 66.5 Å². The van der Waals surface area contributed by atoms with E-state index in [1.54, 1.807) is 36.0 Å². The highest BCUT2D eigenvalue weighted by molar-refractivity contribution is 7.99. The summed E-state index contributed by atoms with van der Waals surface area (Å²) < 4.78 is 26.7. The smallest absolute Gasteiger partial charge is 0.264 e. The molecule has 1 N–H and O–H groups in total. The fraction of sp³-hybridized carbons (Fsp3) is 0.136. The average molecular weight is 495 g/mol. The Kier molecular flexibility index (Phi) is 7.89. The zero-order valence-electron chi connectivity index (χ0n) is 16.6. The molecule has 0 spiro atoms. The van der Waals surface area contributed by atoms with E-state index in [2.05, 4.69) is 5.32 Å². The van der Waals surface area contributed by atoms with E-state index in [9.17, 15) is 13.2 Å². The highest BCUT2D eigenvalue weighted by Crippen LogP contribution is 2.24. The number of carbonyl (C=O) groups is 1. The molecule has 3 rings (SSSR count). The van der Waals surface area contributed by atoms with Gasteiger partial charge in [0.2, 0.25) is 0 Å². The lowest BCUT2D eigenvalue weighted by Crippen LogP contribution is -2.27. The summed E-state index contributed by atoms with van der Waals surface area (Å²) in [6, 6.07) is 19.9. The predicted octanol–water partition coefficient (Wildman–Crippen LogP) is 5.34. The zero-order valence-corrected chi connectivity index (χ0v) is 19.7. The van der Waals surface area contributed by atoms with E-state index in [1.165, 1.54) is 35.6 Å². The first kappa shape index (κ1) is 23.5. The molecule has 0 aliphatic rings. The van der Waals surface area contributed by atoms with Gasteiger partial charge in [-0.1, -0.05) is 23.2 Å². The van der Waals surface area contributed by atoms with E-state index < -0.39 is 10.0 Å². The number of benzene rings is 3. The number of thioether (sulfide) groups is 1. The summed E-state index contributed by atoms with van der Waals surface area (Å²) in [5, 5.41) is 4.01. The van der Waals surface area contributed by atoms with Crippen molar-refractivity contribution in [3.8, 4) is 0 Å². The summed E-state index contributed by atoms with van der Waals surface area (Å²) in [6.45, 7) is 0.499. The normalized spacial score (nSPS) is 11.2. The van der Waals surface area contributed by atoms with E-state index in [1.807, 2.05) is 24.3 Å². The molecule has 31 heavy (non-hydrogen) atoms. The second-order valence-electron chi connectivity index (χ2n) is 6.53. The Labute approximate surface area is 196 Å². The molecule has 0 heterocycles. The van der Waals surface area contributed by atoms with Gasteiger partial charge < -0.3 is 5.32 Å². The molecule has 0 saturated carbocycles. The maximum atomic E-state index is 12.8. The van der Waals surface area contributed by atoms with Gasteiger partial charge in [-0.15, -0.1) is 11.8 Å². The van der Waals surface area contributed by atoms with Crippen LogP contribution in [0.25, 0.3) is 0 Å². The number of sulfonamides is 1. The number of halogens is 2. The zero-order chi connectivity index (χ0) is 22.4. The molecular weight excluding hydrogens is 475 g/mol. The first-order valence-electron chi connectivity index (χ1n) is 9.28. The molecule has 0 fully saturated rings. The summed E-state index contributed by atoms with van der Waals surface area (Å²) in [6.07, 6.45) is 0. The second kappa shape index (κ2) is 10.4. The molecule has 0 atom stereocenters. The van der Waals surface area contributed by atoms with Crippen LogP contribution in [0.15, 0.2) is 82.6 Å². The molecular formula is C22H20Cl2N2O3S2. The Balaban J connectivity index is 1.56. The van der Waals surface area contributed by atoms with Crippen LogP contribution in [0.5, 0.6) is 0 Å². The van der Waals surface area contributed by atoms with E-state index in [0.29, 0.717) is 33.6 Å². The van der Waals surface area contributed by atoms with Gasteiger partial charge in [-0.25, -0.2) is 8.42 Å². The van der Waals surface area contributed by atoms with E-state index >= 15 is 0 Å². The predicted molar refractivity (Wildman–Crippen MR) is 128 cm³/mol. The molecule has 9 heteroatoms. The molecule has 5 nitrogen and oxygen atoms in total. The minimum Gasteiger partial charge on any atom is -0.351 e. The van der Waals surface area contributed by atoms with Gasteiger partial charge in [-0.05, 0) is 72.8 Å². The molecule has 162 valence electrons. The quantitative estimate of drug-likeness (QED) is 0.339. The monoisotopic (exact) mass is 494 g/mol. The van der Waals surface area contributed by atoms with Crippen molar-refractivity contribution in [2.24, 2.45) is 0 Å². The summed E-state index contributed by atoms with van der Waals surface area (Å²) in [5.41, 5.74) is 0.905. The number of hydrogen-bond acceptors (Lipinski definition) is 4. The fourth-order valence-corrected chi connectivity index (χ4v) is 4.91. The van der Waals surface area contributed by atoms with Crippen molar-refractivity contribution >= 4 is 56.6 Å². The minimum absolute atomic E-state index is 0.138. The van der Waals surface area contributed by atoms with Crippen LogP contribution in [0.2, 0.25) is 10.0 Å². The van der Waals surface area contributed by atoms with Crippen LogP contribution >= 0.6 is 35.0 Å². The number of hydrogen-bond donors (Lipinski definition) is 1. The molecule has 0 bridgehead atoms. The van der Waals surface area contributed by atoms with Crippen LogP contribution in [0.1, 0.15) is 10.4 Å². The van der Waals surface area contributed by atoms with Crippen LogP contribution < -0.4 is 9.62 Å². The number of anilines is 1. The Hall–Kier alpha value is -2.19. The first-order valence-corrected chi connectivity index (χ1v) is 12.5. The molecule has 0 radical (unpaired) electrons. The Morgan fingerprint density at radius 3 is 2.03 bits per heavy atom. The molecule has 3 aromatic carbocycles. The largest absolute Gasteiger partial charge is 0.351 e. The van der Waals surface area contributed by atoms with Crippen molar-refractivity contribution < 1.29 is 13.2 Å². The first-order chi connectivity index (χ1) is 14.8. The third kappa shape index (κ3) is 6.17. The standard InChI is InChI=1S/C22H20Cl2N2O3S2/c1-26(31(28,29)21-12-6-18(24)7-13-21)19-8-2-16(3-9-19)22(27)25-14-15-30-20-10-4-17(23)5-11-20/h2-13H,14-15H2,1H3,(H,25,27).